The second kappa shape index (κ2) is 7.90. The number of furan rings is 1. The summed E-state index contributed by atoms with van der Waals surface area (Å²) in [6, 6.07) is 10.8. The zero-order chi connectivity index (χ0) is 15.9. The lowest BCUT2D eigenvalue weighted by Crippen LogP contribution is -2.41. The van der Waals surface area contributed by atoms with Crippen molar-refractivity contribution in [1.82, 2.24) is 5.32 Å². The highest BCUT2D eigenvalue weighted by Crippen LogP contribution is 2.17. The van der Waals surface area contributed by atoms with Crippen LogP contribution in [0.4, 0.5) is 0 Å². The SMILES string of the molecule is CC(CCc1ccco1)NC(=O)C(C)Oc1ccc(Cl)cc1. The summed E-state index contributed by atoms with van der Waals surface area (Å²) in [7, 11) is 0. The highest BCUT2D eigenvalue weighted by Gasteiger charge is 2.17. The van der Waals surface area contributed by atoms with Gasteiger partial charge in [0.05, 0.1) is 6.26 Å². The second-order valence-corrected chi connectivity index (χ2v) is 5.68. The molecule has 2 unspecified atom stereocenters. The lowest BCUT2D eigenvalue weighted by molar-refractivity contribution is -0.127. The Hall–Kier alpha value is -1.94. The van der Waals surface area contributed by atoms with Crippen molar-refractivity contribution in [3.8, 4) is 5.75 Å². The van der Waals surface area contributed by atoms with Crippen LogP contribution in [-0.4, -0.2) is 18.1 Å². The van der Waals surface area contributed by atoms with Crippen molar-refractivity contribution in [2.24, 2.45) is 0 Å². The van der Waals surface area contributed by atoms with Crippen LogP contribution in [0, 0.1) is 0 Å². The third-order valence-corrected chi connectivity index (χ3v) is 3.54. The predicted octanol–water partition coefficient (Wildman–Crippen LogP) is 3.84. The molecule has 2 atom stereocenters. The van der Waals surface area contributed by atoms with Crippen LogP contribution in [0.2, 0.25) is 5.02 Å². The van der Waals surface area contributed by atoms with Crippen LogP contribution in [0.3, 0.4) is 0 Å². The maximum absolute atomic E-state index is 12.1. The molecule has 1 heterocycles. The van der Waals surface area contributed by atoms with E-state index in [1.54, 1.807) is 37.5 Å². The van der Waals surface area contributed by atoms with Crippen LogP contribution in [0.1, 0.15) is 26.0 Å². The van der Waals surface area contributed by atoms with E-state index in [1.807, 2.05) is 19.1 Å². The molecule has 0 saturated heterocycles. The molecule has 0 aliphatic rings. The van der Waals surface area contributed by atoms with Gasteiger partial charge in [-0.1, -0.05) is 11.6 Å². The van der Waals surface area contributed by atoms with E-state index in [4.69, 9.17) is 20.8 Å². The van der Waals surface area contributed by atoms with Crippen molar-refractivity contribution in [1.29, 1.82) is 0 Å². The molecule has 1 N–H and O–H groups in total. The summed E-state index contributed by atoms with van der Waals surface area (Å²) < 4.78 is 10.9. The standard InChI is InChI=1S/C17H20ClNO3/c1-12(5-8-15-4-3-11-21-15)19-17(20)13(2)22-16-9-6-14(18)7-10-16/h3-4,6-7,9-13H,5,8H2,1-2H3,(H,19,20). The van der Waals surface area contributed by atoms with Gasteiger partial charge in [0, 0.05) is 17.5 Å². The average Bonchev–Trinajstić information content (AvgIpc) is 3.01. The molecule has 0 fully saturated rings. The number of nitrogens with one attached hydrogen (secondary N) is 1. The Morgan fingerprint density at radius 1 is 1.27 bits per heavy atom. The van der Waals surface area contributed by atoms with E-state index in [-0.39, 0.29) is 11.9 Å². The Kier molecular flexibility index (Phi) is 5.90. The Labute approximate surface area is 135 Å². The first-order chi connectivity index (χ1) is 10.5. The minimum atomic E-state index is -0.563. The molecule has 2 rings (SSSR count). The average molecular weight is 322 g/mol. The number of carbonyl (C=O) groups excluding carboxylic acids is 1. The molecule has 1 aromatic carbocycles. The fraction of sp³-hybridized carbons (Fsp3) is 0.353. The van der Waals surface area contributed by atoms with Crippen LogP contribution in [0.5, 0.6) is 5.75 Å². The van der Waals surface area contributed by atoms with Gasteiger partial charge in [0.25, 0.3) is 5.91 Å². The number of aryl methyl sites for hydroxylation is 1. The Morgan fingerprint density at radius 2 is 2.00 bits per heavy atom. The fourth-order valence-electron chi connectivity index (χ4n) is 2.02. The molecule has 5 heteroatoms. The molecule has 0 bridgehead atoms. The summed E-state index contributed by atoms with van der Waals surface area (Å²) in [6.07, 6.45) is 2.70. The van der Waals surface area contributed by atoms with Gasteiger partial charge in [-0.05, 0) is 56.7 Å². The molecule has 2 aromatic rings. The maximum Gasteiger partial charge on any atom is 0.260 e. The van der Waals surface area contributed by atoms with Gasteiger partial charge < -0.3 is 14.5 Å². The van der Waals surface area contributed by atoms with E-state index >= 15 is 0 Å². The molecule has 0 aliphatic carbocycles. The van der Waals surface area contributed by atoms with Crippen LogP contribution < -0.4 is 10.1 Å². The van der Waals surface area contributed by atoms with Crippen molar-refractivity contribution in [2.75, 3.05) is 0 Å². The first-order valence-electron chi connectivity index (χ1n) is 7.29. The third kappa shape index (κ3) is 5.11. The molecule has 0 spiro atoms. The second-order valence-electron chi connectivity index (χ2n) is 5.24. The predicted molar refractivity (Wildman–Crippen MR) is 86.2 cm³/mol. The summed E-state index contributed by atoms with van der Waals surface area (Å²) in [4.78, 5) is 12.1. The molecular formula is C17H20ClNO3. The summed E-state index contributed by atoms with van der Waals surface area (Å²) in [5.74, 6) is 1.41. The monoisotopic (exact) mass is 321 g/mol. The third-order valence-electron chi connectivity index (χ3n) is 3.29. The maximum atomic E-state index is 12.1. The Balaban J connectivity index is 1.76. The molecule has 22 heavy (non-hydrogen) atoms. The summed E-state index contributed by atoms with van der Waals surface area (Å²) in [5.41, 5.74) is 0. The highest BCUT2D eigenvalue weighted by molar-refractivity contribution is 6.30. The van der Waals surface area contributed by atoms with E-state index < -0.39 is 6.10 Å². The number of hydrogen-bond donors (Lipinski definition) is 1. The lowest BCUT2D eigenvalue weighted by Gasteiger charge is -2.18. The normalized spacial score (nSPS) is 13.4. The van der Waals surface area contributed by atoms with Crippen molar-refractivity contribution in [3.63, 3.8) is 0 Å². The van der Waals surface area contributed by atoms with E-state index in [0.717, 1.165) is 18.6 Å². The van der Waals surface area contributed by atoms with E-state index in [1.165, 1.54) is 0 Å². The van der Waals surface area contributed by atoms with E-state index in [2.05, 4.69) is 5.32 Å². The molecule has 0 saturated carbocycles. The fourth-order valence-corrected chi connectivity index (χ4v) is 2.14. The molecule has 1 amide bonds. The van der Waals surface area contributed by atoms with Gasteiger partial charge in [-0.15, -0.1) is 0 Å². The highest BCUT2D eigenvalue weighted by atomic mass is 35.5. The first-order valence-corrected chi connectivity index (χ1v) is 7.67. The molecule has 0 radical (unpaired) electrons. The van der Waals surface area contributed by atoms with Crippen molar-refractivity contribution in [2.45, 2.75) is 38.8 Å². The summed E-state index contributed by atoms with van der Waals surface area (Å²) in [6.45, 7) is 3.69. The Bertz CT molecular complexity index is 580. The molecule has 1 aromatic heterocycles. The van der Waals surface area contributed by atoms with Crippen molar-refractivity contribution >= 4 is 17.5 Å². The number of carbonyl (C=O) groups is 1. The molecule has 118 valence electrons. The van der Waals surface area contributed by atoms with Gasteiger partial charge in [-0.25, -0.2) is 0 Å². The number of ether oxygens (including phenoxy) is 1. The van der Waals surface area contributed by atoms with Gasteiger partial charge in [0.1, 0.15) is 11.5 Å². The van der Waals surface area contributed by atoms with Crippen LogP contribution >= 0.6 is 11.6 Å². The zero-order valence-electron chi connectivity index (χ0n) is 12.7. The van der Waals surface area contributed by atoms with Crippen molar-refractivity contribution in [3.05, 3.63) is 53.4 Å². The minimum Gasteiger partial charge on any atom is -0.481 e. The van der Waals surface area contributed by atoms with E-state index in [0.29, 0.717) is 10.8 Å². The quantitative estimate of drug-likeness (QED) is 0.843. The topological polar surface area (TPSA) is 51.5 Å². The Morgan fingerprint density at radius 3 is 2.64 bits per heavy atom. The molecular weight excluding hydrogens is 302 g/mol. The van der Waals surface area contributed by atoms with Crippen molar-refractivity contribution < 1.29 is 13.9 Å². The number of amides is 1. The zero-order valence-corrected chi connectivity index (χ0v) is 13.5. The smallest absolute Gasteiger partial charge is 0.260 e. The summed E-state index contributed by atoms with van der Waals surface area (Å²) in [5, 5.41) is 3.58. The number of halogens is 1. The largest absolute Gasteiger partial charge is 0.481 e. The van der Waals surface area contributed by atoms with Gasteiger partial charge >= 0.3 is 0 Å². The minimum absolute atomic E-state index is 0.0499. The van der Waals surface area contributed by atoms with Gasteiger partial charge in [0.15, 0.2) is 6.10 Å². The van der Waals surface area contributed by atoms with Crippen LogP contribution in [0.15, 0.2) is 47.1 Å². The lowest BCUT2D eigenvalue weighted by atomic mass is 10.1. The van der Waals surface area contributed by atoms with Gasteiger partial charge in [0.2, 0.25) is 0 Å². The number of rotatable bonds is 7. The van der Waals surface area contributed by atoms with Gasteiger partial charge in [-0.2, -0.15) is 0 Å². The molecule has 4 nitrogen and oxygen atoms in total. The number of benzene rings is 1. The van der Waals surface area contributed by atoms with Crippen LogP contribution in [0.25, 0.3) is 0 Å². The van der Waals surface area contributed by atoms with Gasteiger partial charge in [-0.3, -0.25) is 4.79 Å². The first kappa shape index (κ1) is 16.4. The molecule has 0 aliphatic heterocycles. The van der Waals surface area contributed by atoms with E-state index in [9.17, 15) is 4.79 Å². The summed E-state index contributed by atoms with van der Waals surface area (Å²) >= 11 is 5.81. The number of hydrogen-bond acceptors (Lipinski definition) is 3. The van der Waals surface area contributed by atoms with Crippen LogP contribution in [-0.2, 0) is 11.2 Å².